The minimum absolute atomic E-state index is 0.0664. The molecule has 1 aromatic rings. The van der Waals surface area contributed by atoms with Gasteiger partial charge in [0.1, 0.15) is 6.61 Å². The molecule has 0 atom stereocenters. The van der Waals surface area contributed by atoms with Crippen molar-refractivity contribution in [2.24, 2.45) is 0 Å². The lowest BCUT2D eigenvalue weighted by Crippen LogP contribution is -2.33. The zero-order chi connectivity index (χ0) is 14.3. The van der Waals surface area contributed by atoms with E-state index in [1.807, 2.05) is 26.0 Å². The molecule has 2 N–H and O–H groups in total. The Balaban J connectivity index is 3.14. The Morgan fingerprint density at radius 1 is 1.37 bits per heavy atom. The van der Waals surface area contributed by atoms with E-state index >= 15 is 0 Å². The van der Waals surface area contributed by atoms with Gasteiger partial charge in [-0.25, -0.2) is 0 Å². The quantitative estimate of drug-likeness (QED) is 0.788. The normalized spacial score (nSPS) is 9.68. The summed E-state index contributed by atoms with van der Waals surface area (Å²) in [5, 5.41) is 17.7. The van der Waals surface area contributed by atoms with Gasteiger partial charge in [-0.3, -0.25) is 4.79 Å². The Labute approximate surface area is 113 Å². The van der Waals surface area contributed by atoms with Crippen LogP contribution in [0.2, 0.25) is 0 Å². The molecule has 1 amide bonds. The molecule has 0 aromatic heterocycles. The fourth-order valence-corrected chi connectivity index (χ4v) is 1.78. The van der Waals surface area contributed by atoms with Crippen molar-refractivity contribution in [3.8, 4) is 11.8 Å². The third kappa shape index (κ3) is 4.09. The second kappa shape index (κ2) is 7.57. The minimum Gasteiger partial charge on any atom is -0.395 e. The number of rotatable bonds is 4. The second-order valence-corrected chi connectivity index (χ2v) is 4.12. The first-order valence-electron chi connectivity index (χ1n) is 6.24. The summed E-state index contributed by atoms with van der Waals surface area (Å²) in [5.41, 5.74) is 2.11. The Morgan fingerprint density at radius 2 is 2.11 bits per heavy atom. The standard InChI is InChI=1S/C15H19NO3/c1-3-16(8-10-18)15(19)14-7-6-12(2)11-13(14)5-4-9-17/h6-7,11,17-18H,3,8-10H2,1-2H3. The zero-order valence-electron chi connectivity index (χ0n) is 11.3. The van der Waals surface area contributed by atoms with E-state index in [-0.39, 0.29) is 19.1 Å². The molecule has 0 unspecified atom stereocenters. The van der Waals surface area contributed by atoms with Crippen LogP contribution < -0.4 is 0 Å². The Kier molecular flexibility index (Phi) is 6.07. The highest BCUT2D eigenvalue weighted by Crippen LogP contribution is 2.13. The van der Waals surface area contributed by atoms with E-state index in [1.54, 1.807) is 11.0 Å². The number of hydrogen-bond acceptors (Lipinski definition) is 3. The number of likely N-dealkylation sites (N-methyl/N-ethyl adjacent to an activating group) is 1. The highest BCUT2D eigenvalue weighted by atomic mass is 16.3. The monoisotopic (exact) mass is 261 g/mol. The molecular formula is C15H19NO3. The molecule has 0 bridgehead atoms. The van der Waals surface area contributed by atoms with Crippen LogP contribution in [0.4, 0.5) is 0 Å². The lowest BCUT2D eigenvalue weighted by molar-refractivity contribution is 0.0731. The van der Waals surface area contributed by atoms with Crippen LogP contribution in [0, 0.1) is 18.8 Å². The molecule has 0 saturated heterocycles. The second-order valence-electron chi connectivity index (χ2n) is 4.12. The van der Waals surface area contributed by atoms with Gasteiger partial charge in [0.05, 0.1) is 12.2 Å². The predicted octanol–water partition coefficient (Wildman–Crippen LogP) is 0.793. The van der Waals surface area contributed by atoms with Crippen molar-refractivity contribution in [3.05, 3.63) is 34.9 Å². The molecule has 0 aliphatic rings. The fourth-order valence-electron chi connectivity index (χ4n) is 1.78. The number of hydrogen-bond donors (Lipinski definition) is 2. The van der Waals surface area contributed by atoms with Gasteiger partial charge in [-0.2, -0.15) is 0 Å². The minimum atomic E-state index is -0.240. The largest absolute Gasteiger partial charge is 0.395 e. The van der Waals surface area contributed by atoms with Crippen LogP contribution in [-0.4, -0.2) is 47.3 Å². The Hall–Kier alpha value is -1.83. The van der Waals surface area contributed by atoms with Crippen molar-refractivity contribution in [2.45, 2.75) is 13.8 Å². The van der Waals surface area contributed by atoms with Crippen molar-refractivity contribution < 1.29 is 15.0 Å². The lowest BCUT2D eigenvalue weighted by Gasteiger charge is -2.20. The zero-order valence-corrected chi connectivity index (χ0v) is 11.3. The third-order valence-electron chi connectivity index (χ3n) is 2.75. The molecule has 0 saturated carbocycles. The van der Waals surface area contributed by atoms with E-state index in [0.717, 1.165) is 5.56 Å². The first-order valence-corrected chi connectivity index (χ1v) is 6.24. The number of aliphatic hydroxyl groups is 2. The van der Waals surface area contributed by atoms with Gasteiger partial charge in [0, 0.05) is 18.7 Å². The smallest absolute Gasteiger partial charge is 0.255 e. The van der Waals surface area contributed by atoms with Gasteiger partial charge < -0.3 is 15.1 Å². The average Bonchev–Trinajstić information content (AvgIpc) is 2.42. The summed E-state index contributed by atoms with van der Waals surface area (Å²) in [5.74, 6) is 5.20. The molecular weight excluding hydrogens is 242 g/mol. The number of aryl methyl sites for hydroxylation is 1. The molecule has 0 aliphatic heterocycles. The molecule has 1 rings (SSSR count). The molecule has 0 fully saturated rings. The fraction of sp³-hybridized carbons (Fsp3) is 0.400. The van der Waals surface area contributed by atoms with Gasteiger partial charge in [0.2, 0.25) is 0 Å². The highest BCUT2D eigenvalue weighted by Gasteiger charge is 2.16. The molecule has 4 nitrogen and oxygen atoms in total. The van der Waals surface area contributed by atoms with E-state index in [1.165, 1.54) is 0 Å². The van der Waals surface area contributed by atoms with Crippen LogP contribution >= 0.6 is 0 Å². The number of carbonyl (C=O) groups excluding carboxylic acids is 1. The number of nitrogens with zero attached hydrogens (tertiary/aromatic N) is 1. The van der Waals surface area contributed by atoms with E-state index < -0.39 is 0 Å². The van der Waals surface area contributed by atoms with Crippen molar-refractivity contribution in [1.82, 2.24) is 4.90 Å². The number of aliphatic hydroxyl groups excluding tert-OH is 2. The maximum absolute atomic E-state index is 12.3. The van der Waals surface area contributed by atoms with Crippen LogP contribution in [0.1, 0.15) is 28.4 Å². The molecule has 0 aliphatic carbocycles. The van der Waals surface area contributed by atoms with Crippen LogP contribution in [0.5, 0.6) is 0 Å². The van der Waals surface area contributed by atoms with Gasteiger partial charge in [-0.05, 0) is 31.5 Å². The SMILES string of the molecule is CCN(CCO)C(=O)c1ccc(C)cc1C#CCO. The Bertz CT molecular complexity index is 500. The third-order valence-corrected chi connectivity index (χ3v) is 2.75. The summed E-state index contributed by atoms with van der Waals surface area (Å²) in [7, 11) is 0. The number of carbonyl (C=O) groups is 1. The van der Waals surface area contributed by atoms with Crippen molar-refractivity contribution in [2.75, 3.05) is 26.3 Å². The first kappa shape index (κ1) is 15.2. The van der Waals surface area contributed by atoms with Crippen LogP contribution in [-0.2, 0) is 0 Å². The average molecular weight is 261 g/mol. The summed E-state index contributed by atoms with van der Waals surface area (Å²) in [4.78, 5) is 13.9. The van der Waals surface area contributed by atoms with E-state index in [2.05, 4.69) is 11.8 Å². The van der Waals surface area contributed by atoms with Crippen molar-refractivity contribution >= 4 is 5.91 Å². The lowest BCUT2D eigenvalue weighted by atomic mass is 10.0. The van der Waals surface area contributed by atoms with Gasteiger partial charge >= 0.3 is 0 Å². The van der Waals surface area contributed by atoms with Crippen LogP contribution in [0.3, 0.4) is 0 Å². The number of amides is 1. The highest BCUT2D eigenvalue weighted by molar-refractivity contribution is 5.96. The van der Waals surface area contributed by atoms with Crippen molar-refractivity contribution in [1.29, 1.82) is 0 Å². The van der Waals surface area contributed by atoms with Gasteiger partial charge in [0.15, 0.2) is 0 Å². The molecule has 0 spiro atoms. The Morgan fingerprint density at radius 3 is 2.68 bits per heavy atom. The maximum Gasteiger partial charge on any atom is 0.255 e. The molecule has 19 heavy (non-hydrogen) atoms. The summed E-state index contributed by atoms with van der Waals surface area (Å²) < 4.78 is 0. The number of benzene rings is 1. The van der Waals surface area contributed by atoms with E-state index in [4.69, 9.17) is 10.2 Å². The van der Waals surface area contributed by atoms with Crippen LogP contribution in [0.15, 0.2) is 18.2 Å². The van der Waals surface area contributed by atoms with E-state index in [9.17, 15) is 4.79 Å². The molecule has 0 heterocycles. The molecule has 102 valence electrons. The molecule has 4 heteroatoms. The topological polar surface area (TPSA) is 60.8 Å². The summed E-state index contributed by atoms with van der Waals surface area (Å²) in [6.45, 7) is 4.31. The predicted molar refractivity (Wildman–Crippen MR) is 73.8 cm³/mol. The summed E-state index contributed by atoms with van der Waals surface area (Å²) >= 11 is 0. The summed E-state index contributed by atoms with van der Waals surface area (Å²) in [6.07, 6.45) is 0. The molecule has 1 aromatic carbocycles. The van der Waals surface area contributed by atoms with Gasteiger partial charge in [0.25, 0.3) is 5.91 Å². The van der Waals surface area contributed by atoms with E-state index in [0.29, 0.717) is 24.2 Å². The van der Waals surface area contributed by atoms with Crippen LogP contribution in [0.25, 0.3) is 0 Å². The van der Waals surface area contributed by atoms with Crippen molar-refractivity contribution in [3.63, 3.8) is 0 Å². The van der Waals surface area contributed by atoms with Gasteiger partial charge in [-0.15, -0.1) is 0 Å². The first-order chi connectivity index (χ1) is 9.13. The van der Waals surface area contributed by atoms with Gasteiger partial charge in [-0.1, -0.05) is 17.9 Å². The molecule has 0 radical (unpaired) electrons. The maximum atomic E-state index is 12.3. The summed E-state index contributed by atoms with van der Waals surface area (Å²) in [6, 6.07) is 5.41.